The Bertz CT molecular complexity index is 459. The minimum atomic E-state index is -2.73. The SMILES string of the molecule is COC(=O)Cc1c(Br)c(C(F)F)c[nH]c1=O. The van der Waals surface area contributed by atoms with Crippen LogP contribution in [-0.4, -0.2) is 18.1 Å². The van der Waals surface area contributed by atoms with Gasteiger partial charge in [-0.2, -0.15) is 0 Å². The van der Waals surface area contributed by atoms with E-state index in [1.54, 1.807) is 0 Å². The van der Waals surface area contributed by atoms with E-state index in [0.717, 1.165) is 13.3 Å². The van der Waals surface area contributed by atoms with E-state index in [4.69, 9.17) is 0 Å². The quantitative estimate of drug-likeness (QED) is 0.865. The fraction of sp³-hybridized carbons (Fsp3) is 0.333. The van der Waals surface area contributed by atoms with Gasteiger partial charge in [-0.1, -0.05) is 0 Å². The third kappa shape index (κ3) is 2.66. The van der Waals surface area contributed by atoms with Gasteiger partial charge in [0.2, 0.25) is 0 Å². The summed E-state index contributed by atoms with van der Waals surface area (Å²) in [5.41, 5.74) is -1.02. The molecule has 0 radical (unpaired) electrons. The van der Waals surface area contributed by atoms with Crippen molar-refractivity contribution in [3.63, 3.8) is 0 Å². The van der Waals surface area contributed by atoms with Crippen molar-refractivity contribution in [1.29, 1.82) is 0 Å². The summed E-state index contributed by atoms with van der Waals surface area (Å²) in [6, 6.07) is 0. The van der Waals surface area contributed by atoms with Crippen LogP contribution in [0.3, 0.4) is 0 Å². The lowest BCUT2D eigenvalue weighted by Crippen LogP contribution is -2.19. The van der Waals surface area contributed by atoms with Crippen molar-refractivity contribution in [3.05, 3.63) is 32.2 Å². The molecule has 0 fully saturated rings. The molecule has 1 rings (SSSR count). The zero-order valence-electron chi connectivity index (χ0n) is 8.22. The van der Waals surface area contributed by atoms with E-state index in [-0.39, 0.29) is 22.0 Å². The van der Waals surface area contributed by atoms with Crippen molar-refractivity contribution >= 4 is 21.9 Å². The number of H-pyrrole nitrogens is 1. The molecule has 0 spiro atoms. The second-order valence-corrected chi connectivity index (χ2v) is 3.71. The predicted octanol–water partition coefficient (Wildman–Crippen LogP) is 1.79. The molecule has 16 heavy (non-hydrogen) atoms. The maximum atomic E-state index is 12.5. The number of ether oxygens (including phenoxy) is 1. The summed E-state index contributed by atoms with van der Waals surface area (Å²) in [7, 11) is 1.15. The van der Waals surface area contributed by atoms with E-state index in [2.05, 4.69) is 25.7 Å². The van der Waals surface area contributed by atoms with Gasteiger partial charge in [-0.3, -0.25) is 9.59 Å². The maximum absolute atomic E-state index is 12.5. The predicted molar refractivity (Wildman–Crippen MR) is 55.4 cm³/mol. The minimum Gasteiger partial charge on any atom is -0.469 e. The van der Waals surface area contributed by atoms with Crippen LogP contribution in [0.25, 0.3) is 0 Å². The first-order chi connectivity index (χ1) is 7.47. The minimum absolute atomic E-state index is 0.0587. The summed E-state index contributed by atoms with van der Waals surface area (Å²) >= 11 is 2.88. The van der Waals surface area contributed by atoms with Crippen molar-refractivity contribution < 1.29 is 18.3 Å². The number of methoxy groups -OCH3 is 1. The number of nitrogens with one attached hydrogen (secondary N) is 1. The van der Waals surface area contributed by atoms with Gasteiger partial charge in [0.25, 0.3) is 12.0 Å². The van der Waals surface area contributed by atoms with E-state index in [1.165, 1.54) is 0 Å². The zero-order chi connectivity index (χ0) is 12.3. The Morgan fingerprint density at radius 3 is 2.75 bits per heavy atom. The van der Waals surface area contributed by atoms with Crippen molar-refractivity contribution in [2.24, 2.45) is 0 Å². The van der Waals surface area contributed by atoms with E-state index < -0.39 is 18.0 Å². The molecule has 0 saturated carbocycles. The number of carbonyl (C=O) groups excluding carboxylic acids is 1. The first-order valence-corrected chi connectivity index (χ1v) is 5.01. The molecule has 0 amide bonds. The Labute approximate surface area is 97.7 Å². The van der Waals surface area contributed by atoms with Crippen molar-refractivity contribution in [1.82, 2.24) is 4.98 Å². The van der Waals surface area contributed by atoms with Crippen molar-refractivity contribution in [2.45, 2.75) is 12.8 Å². The van der Waals surface area contributed by atoms with Crippen LogP contribution in [-0.2, 0) is 16.0 Å². The standard InChI is InChI=1S/C9H8BrF2NO3/c1-16-6(14)2-4-7(10)5(8(11)12)3-13-9(4)15/h3,8H,2H2,1H3,(H,13,15). The number of aromatic amines is 1. The molecular weight excluding hydrogens is 288 g/mol. The third-order valence-corrected chi connectivity index (χ3v) is 2.87. The van der Waals surface area contributed by atoms with Gasteiger partial charge in [0, 0.05) is 21.8 Å². The monoisotopic (exact) mass is 295 g/mol. The third-order valence-electron chi connectivity index (χ3n) is 1.94. The summed E-state index contributed by atoms with van der Waals surface area (Å²) in [6.45, 7) is 0. The van der Waals surface area contributed by atoms with Crippen molar-refractivity contribution in [3.8, 4) is 0 Å². The lowest BCUT2D eigenvalue weighted by Gasteiger charge is -2.07. The molecule has 0 bridgehead atoms. The van der Waals surface area contributed by atoms with Gasteiger partial charge >= 0.3 is 5.97 Å². The highest BCUT2D eigenvalue weighted by molar-refractivity contribution is 9.10. The van der Waals surface area contributed by atoms with Crippen LogP contribution < -0.4 is 5.56 Å². The van der Waals surface area contributed by atoms with E-state index >= 15 is 0 Å². The van der Waals surface area contributed by atoms with Gasteiger partial charge in [-0.15, -0.1) is 0 Å². The van der Waals surface area contributed by atoms with Gasteiger partial charge < -0.3 is 9.72 Å². The Kier molecular flexibility index (Phi) is 4.17. The number of aromatic nitrogens is 1. The van der Waals surface area contributed by atoms with Crippen LogP contribution in [0.5, 0.6) is 0 Å². The number of alkyl halides is 2. The van der Waals surface area contributed by atoms with Gasteiger partial charge in [-0.25, -0.2) is 8.78 Å². The summed E-state index contributed by atoms with van der Waals surface area (Å²) < 4.78 is 29.3. The van der Waals surface area contributed by atoms with Crippen LogP contribution >= 0.6 is 15.9 Å². The second kappa shape index (κ2) is 5.20. The maximum Gasteiger partial charge on any atom is 0.310 e. The van der Waals surface area contributed by atoms with E-state index in [0.29, 0.717) is 0 Å². The lowest BCUT2D eigenvalue weighted by molar-refractivity contribution is -0.139. The summed E-state index contributed by atoms with van der Waals surface area (Å²) in [6.07, 6.45) is -2.17. The number of pyridine rings is 1. The zero-order valence-corrected chi connectivity index (χ0v) is 9.81. The number of hydrogen-bond acceptors (Lipinski definition) is 3. The van der Waals surface area contributed by atoms with Gasteiger partial charge in [0.15, 0.2) is 0 Å². The summed E-state index contributed by atoms with van der Waals surface area (Å²) in [5.74, 6) is -0.669. The van der Waals surface area contributed by atoms with Crippen molar-refractivity contribution in [2.75, 3.05) is 7.11 Å². The highest BCUT2D eigenvalue weighted by Crippen LogP contribution is 2.27. The molecule has 1 heterocycles. The molecule has 0 aliphatic rings. The molecule has 0 aliphatic carbocycles. The summed E-state index contributed by atoms with van der Waals surface area (Å²) in [4.78, 5) is 24.5. The molecule has 1 aromatic heterocycles. The molecular formula is C9H8BrF2NO3. The van der Waals surface area contributed by atoms with E-state index in [9.17, 15) is 18.4 Å². The fourth-order valence-corrected chi connectivity index (χ4v) is 1.71. The fourth-order valence-electron chi connectivity index (χ4n) is 1.10. The smallest absolute Gasteiger partial charge is 0.310 e. The van der Waals surface area contributed by atoms with Gasteiger partial charge in [-0.05, 0) is 15.9 Å². The molecule has 4 nitrogen and oxygen atoms in total. The second-order valence-electron chi connectivity index (χ2n) is 2.92. The van der Waals surface area contributed by atoms with E-state index in [1.807, 2.05) is 0 Å². The van der Waals surface area contributed by atoms with Crippen LogP contribution in [0, 0.1) is 0 Å². The average molecular weight is 296 g/mol. The molecule has 7 heteroatoms. The number of hydrogen-bond donors (Lipinski definition) is 1. The highest BCUT2D eigenvalue weighted by Gasteiger charge is 2.19. The number of esters is 1. The topological polar surface area (TPSA) is 59.2 Å². The van der Waals surface area contributed by atoms with Crippen LogP contribution in [0.15, 0.2) is 15.5 Å². The normalized spacial score (nSPS) is 10.6. The molecule has 0 saturated heterocycles. The molecule has 1 N–H and O–H groups in total. The van der Waals surface area contributed by atoms with Crippen LogP contribution in [0.4, 0.5) is 8.78 Å². The molecule has 0 atom stereocenters. The van der Waals surface area contributed by atoms with Crippen LogP contribution in [0.2, 0.25) is 0 Å². The average Bonchev–Trinajstić information content (AvgIpc) is 2.23. The largest absolute Gasteiger partial charge is 0.469 e. The Hall–Kier alpha value is -1.24. The lowest BCUT2D eigenvalue weighted by atomic mass is 10.1. The number of rotatable bonds is 3. The molecule has 0 aliphatic heterocycles. The van der Waals surface area contributed by atoms with Crippen LogP contribution in [0.1, 0.15) is 17.6 Å². The molecule has 88 valence electrons. The Morgan fingerprint density at radius 1 is 1.62 bits per heavy atom. The first kappa shape index (κ1) is 12.8. The van der Waals surface area contributed by atoms with Gasteiger partial charge in [0.05, 0.1) is 13.5 Å². The highest BCUT2D eigenvalue weighted by atomic mass is 79.9. The Balaban J connectivity index is 3.21. The Morgan fingerprint density at radius 2 is 2.25 bits per heavy atom. The number of carbonyl (C=O) groups is 1. The molecule has 1 aromatic rings. The first-order valence-electron chi connectivity index (χ1n) is 4.22. The number of halogens is 3. The molecule has 0 aromatic carbocycles. The van der Waals surface area contributed by atoms with Gasteiger partial charge in [0.1, 0.15) is 0 Å². The molecule has 0 unspecified atom stereocenters. The summed E-state index contributed by atoms with van der Waals surface area (Å²) in [5, 5.41) is 0.